The van der Waals surface area contributed by atoms with Gasteiger partial charge in [0.1, 0.15) is 0 Å². The Hall–Kier alpha value is -1.99. The molecule has 1 amide bonds. The van der Waals surface area contributed by atoms with Gasteiger partial charge in [-0.15, -0.1) is 0 Å². The number of fused-ring (bicyclic) bond motifs is 1. The molecule has 158 valence electrons. The number of carbonyl (C=O) groups is 1. The van der Waals surface area contributed by atoms with E-state index in [4.69, 9.17) is 17.0 Å². The fourth-order valence-corrected chi connectivity index (χ4v) is 4.24. The monoisotopic (exact) mass is 417 g/mol. The second-order valence-corrected chi connectivity index (χ2v) is 8.56. The van der Waals surface area contributed by atoms with Crippen LogP contribution >= 0.6 is 12.2 Å². The predicted molar refractivity (Wildman–Crippen MR) is 118 cm³/mol. The van der Waals surface area contributed by atoms with E-state index in [-0.39, 0.29) is 23.5 Å². The van der Waals surface area contributed by atoms with Crippen LogP contribution in [0.1, 0.15) is 46.0 Å². The van der Waals surface area contributed by atoms with E-state index in [1.54, 1.807) is 4.57 Å². The van der Waals surface area contributed by atoms with Crippen molar-refractivity contribution in [2.75, 3.05) is 13.2 Å². The van der Waals surface area contributed by atoms with E-state index < -0.39 is 0 Å². The maximum absolute atomic E-state index is 12.8. The summed E-state index contributed by atoms with van der Waals surface area (Å²) in [4.78, 5) is 28.4. The van der Waals surface area contributed by atoms with Crippen molar-refractivity contribution in [1.82, 2.24) is 14.9 Å². The third kappa shape index (κ3) is 5.76. The van der Waals surface area contributed by atoms with Crippen molar-refractivity contribution in [3.05, 3.63) is 39.4 Å². The van der Waals surface area contributed by atoms with Crippen molar-refractivity contribution < 1.29 is 9.53 Å². The van der Waals surface area contributed by atoms with Crippen molar-refractivity contribution in [3.63, 3.8) is 0 Å². The zero-order valence-corrected chi connectivity index (χ0v) is 18.1. The zero-order chi connectivity index (χ0) is 20.8. The molecular formula is C22H31N3O3S. The molecule has 0 bridgehead atoms. The van der Waals surface area contributed by atoms with Crippen molar-refractivity contribution in [1.29, 1.82) is 0 Å². The van der Waals surface area contributed by atoms with Gasteiger partial charge in [0.2, 0.25) is 5.91 Å². The van der Waals surface area contributed by atoms with E-state index in [9.17, 15) is 9.59 Å². The number of H-pyrrole nitrogens is 1. The van der Waals surface area contributed by atoms with Crippen molar-refractivity contribution in [2.45, 2.75) is 58.6 Å². The molecule has 29 heavy (non-hydrogen) atoms. The number of aromatic amines is 1. The smallest absolute Gasteiger partial charge is 0.262 e. The van der Waals surface area contributed by atoms with Gasteiger partial charge in [0.25, 0.3) is 5.56 Å². The quantitative estimate of drug-likeness (QED) is 0.506. The molecule has 1 heterocycles. The second-order valence-electron chi connectivity index (χ2n) is 8.17. The minimum atomic E-state index is -0.0344. The summed E-state index contributed by atoms with van der Waals surface area (Å²) < 4.78 is 7.64. The standard InChI is InChI=1S/C22H31N3O3S/c1-15(2)28-13-5-12-23-20(26)17-10-8-16(9-11-17)14-25-21(27)18-6-3-4-7-19(18)24-22(25)29/h3-4,6-7,15-17H,5,8-14H2,1-2H3,(H,23,26)(H,24,29). The lowest BCUT2D eigenvalue weighted by Crippen LogP contribution is -2.35. The van der Waals surface area contributed by atoms with Crippen LogP contribution in [0.25, 0.3) is 10.9 Å². The van der Waals surface area contributed by atoms with Gasteiger partial charge in [-0.1, -0.05) is 12.1 Å². The molecular weight excluding hydrogens is 386 g/mol. The molecule has 0 unspecified atom stereocenters. The molecule has 0 atom stereocenters. The largest absolute Gasteiger partial charge is 0.379 e. The van der Waals surface area contributed by atoms with E-state index in [0.29, 0.717) is 35.8 Å². The Morgan fingerprint density at radius 1 is 1.28 bits per heavy atom. The molecule has 0 spiro atoms. The number of hydrogen-bond donors (Lipinski definition) is 2. The molecule has 0 aliphatic heterocycles. The third-order valence-corrected chi connectivity index (χ3v) is 5.94. The van der Waals surface area contributed by atoms with Gasteiger partial charge >= 0.3 is 0 Å². The van der Waals surface area contributed by atoms with Crippen molar-refractivity contribution in [3.8, 4) is 0 Å². The van der Waals surface area contributed by atoms with Crippen molar-refractivity contribution in [2.24, 2.45) is 11.8 Å². The Kier molecular flexibility index (Phi) is 7.61. The zero-order valence-electron chi connectivity index (χ0n) is 17.3. The summed E-state index contributed by atoms with van der Waals surface area (Å²) in [6, 6.07) is 7.45. The van der Waals surface area contributed by atoms with Gasteiger partial charge in [0.15, 0.2) is 4.77 Å². The van der Waals surface area contributed by atoms with Gasteiger partial charge in [-0.25, -0.2) is 0 Å². The van der Waals surface area contributed by atoms with Gasteiger partial charge in [-0.2, -0.15) is 0 Å². The fourth-order valence-electron chi connectivity index (χ4n) is 3.98. The molecule has 1 aliphatic carbocycles. The van der Waals surface area contributed by atoms with Crippen LogP contribution in [0.5, 0.6) is 0 Å². The number of nitrogens with one attached hydrogen (secondary N) is 2. The first kappa shape index (κ1) is 21.7. The molecule has 0 radical (unpaired) electrons. The minimum Gasteiger partial charge on any atom is -0.379 e. The Bertz CT molecular complexity index is 942. The van der Waals surface area contributed by atoms with Crippen LogP contribution in [0, 0.1) is 16.6 Å². The highest BCUT2D eigenvalue weighted by atomic mass is 32.1. The first-order chi connectivity index (χ1) is 14.0. The number of hydrogen-bond acceptors (Lipinski definition) is 4. The highest BCUT2D eigenvalue weighted by Gasteiger charge is 2.26. The number of amides is 1. The SMILES string of the molecule is CC(C)OCCCNC(=O)C1CCC(Cn2c(=S)[nH]c3ccccc3c2=O)CC1. The highest BCUT2D eigenvalue weighted by molar-refractivity contribution is 7.71. The first-order valence-corrected chi connectivity index (χ1v) is 11.0. The van der Waals surface area contributed by atoms with E-state index in [2.05, 4.69) is 10.3 Å². The van der Waals surface area contributed by atoms with Crippen LogP contribution in [-0.4, -0.2) is 34.7 Å². The van der Waals surface area contributed by atoms with Gasteiger partial charge in [-0.05, 0) is 76.2 Å². The van der Waals surface area contributed by atoms with E-state index in [1.807, 2.05) is 38.1 Å². The van der Waals surface area contributed by atoms with Gasteiger partial charge in [0, 0.05) is 25.6 Å². The molecule has 0 saturated heterocycles. The molecule has 2 N–H and O–H groups in total. The summed E-state index contributed by atoms with van der Waals surface area (Å²) >= 11 is 5.42. The van der Waals surface area contributed by atoms with Gasteiger partial charge < -0.3 is 15.0 Å². The Balaban J connectivity index is 1.50. The maximum atomic E-state index is 12.8. The van der Waals surface area contributed by atoms with Gasteiger partial charge in [0.05, 0.1) is 17.0 Å². The lowest BCUT2D eigenvalue weighted by atomic mass is 9.81. The number of aromatic nitrogens is 2. The van der Waals surface area contributed by atoms with E-state index >= 15 is 0 Å². The number of ether oxygens (including phenoxy) is 1. The summed E-state index contributed by atoms with van der Waals surface area (Å²) in [6.45, 7) is 5.96. The minimum absolute atomic E-state index is 0.0344. The Labute approximate surface area is 176 Å². The molecule has 1 aromatic carbocycles. The normalized spacial score (nSPS) is 19.6. The van der Waals surface area contributed by atoms with Crippen LogP contribution < -0.4 is 10.9 Å². The number of rotatable bonds is 8. The second kappa shape index (κ2) is 10.2. The highest BCUT2D eigenvalue weighted by Crippen LogP contribution is 2.30. The number of para-hydroxylation sites is 1. The molecule has 3 rings (SSSR count). The average Bonchev–Trinajstić information content (AvgIpc) is 2.71. The fraction of sp³-hybridized carbons (Fsp3) is 0.591. The lowest BCUT2D eigenvalue weighted by molar-refractivity contribution is -0.126. The summed E-state index contributed by atoms with van der Waals surface area (Å²) in [7, 11) is 0. The van der Waals surface area contributed by atoms with Crippen molar-refractivity contribution >= 4 is 29.0 Å². The average molecular weight is 418 g/mol. The summed E-state index contributed by atoms with van der Waals surface area (Å²) in [5.74, 6) is 0.584. The predicted octanol–water partition coefficient (Wildman–Crippen LogP) is 3.80. The molecule has 1 aliphatic rings. The summed E-state index contributed by atoms with van der Waals surface area (Å²) in [5.41, 5.74) is 0.741. The van der Waals surface area contributed by atoms with Crippen LogP contribution in [0.2, 0.25) is 0 Å². The van der Waals surface area contributed by atoms with Crippen LogP contribution in [-0.2, 0) is 16.1 Å². The van der Waals surface area contributed by atoms with E-state index in [1.165, 1.54) is 0 Å². The topological polar surface area (TPSA) is 76.1 Å². The molecule has 1 fully saturated rings. The first-order valence-electron chi connectivity index (χ1n) is 10.6. The number of benzene rings is 1. The molecule has 1 aromatic heterocycles. The number of nitrogens with zero attached hydrogens (tertiary/aromatic N) is 1. The van der Waals surface area contributed by atoms with Crippen LogP contribution in [0.15, 0.2) is 29.1 Å². The van der Waals surface area contributed by atoms with E-state index in [0.717, 1.165) is 37.6 Å². The number of carbonyl (C=O) groups excluding carboxylic acids is 1. The van der Waals surface area contributed by atoms with Crippen LogP contribution in [0.4, 0.5) is 0 Å². The maximum Gasteiger partial charge on any atom is 0.262 e. The molecule has 7 heteroatoms. The lowest BCUT2D eigenvalue weighted by Gasteiger charge is -2.28. The Morgan fingerprint density at radius 3 is 2.72 bits per heavy atom. The Morgan fingerprint density at radius 2 is 2.00 bits per heavy atom. The summed E-state index contributed by atoms with van der Waals surface area (Å²) in [6.07, 6.45) is 4.65. The third-order valence-electron chi connectivity index (χ3n) is 5.62. The summed E-state index contributed by atoms with van der Waals surface area (Å²) in [5, 5.41) is 3.70. The molecule has 6 nitrogen and oxygen atoms in total. The van der Waals surface area contributed by atoms with Crippen LogP contribution in [0.3, 0.4) is 0 Å². The molecule has 1 saturated carbocycles. The molecule has 2 aromatic rings. The van der Waals surface area contributed by atoms with Gasteiger partial charge in [-0.3, -0.25) is 14.2 Å².